The number of nitrogens with one attached hydrogen (secondary N) is 1. The molecule has 0 bridgehead atoms. The number of anilines is 1. The van der Waals surface area contributed by atoms with E-state index in [1.807, 2.05) is 0 Å². The van der Waals surface area contributed by atoms with Crippen LogP contribution in [0.1, 0.15) is 27.6 Å². The van der Waals surface area contributed by atoms with Gasteiger partial charge in [0.1, 0.15) is 11.3 Å². The molecule has 0 spiro atoms. The first-order valence-electron chi connectivity index (χ1n) is 6.69. The SMILES string of the molecule is CCOC(=O)c1cc(C(=O)Nc2cc(Cl)ccc2Cl)ccc1O. The number of amides is 1. The number of aromatic hydroxyl groups is 1. The van der Waals surface area contributed by atoms with Crippen molar-refractivity contribution in [1.82, 2.24) is 0 Å². The summed E-state index contributed by atoms with van der Waals surface area (Å²) < 4.78 is 4.83. The molecule has 5 nitrogen and oxygen atoms in total. The van der Waals surface area contributed by atoms with E-state index in [1.165, 1.54) is 24.3 Å². The third-order valence-electron chi connectivity index (χ3n) is 2.93. The lowest BCUT2D eigenvalue weighted by molar-refractivity contribution is 0.0523. The Kier molecular flexibility index (Phi) is 5.47. The summed E-state index contributed by atoms with van der Waals surface area (Å²) in [6, 6.07) is 8.54. The lowest BCUT2D eigenvalue weighted by Gasteiger charge is -2.10. The van der Waals surface area contributed by atoms with Crippen LogP contribution in [-0.4, -0.2) is 23.6 Å². The number of rotatable bonds is 4. The highest BCUT2D eigenvalue weighted by Gasteiger charge is 2.16. The fourth-order valence-corrected chi connectivity index (χ4v) is 2.17. The summed E-state index contributed by atoms with van der Waals surface area (Å²) in [5, 5.41) is 13.1. The summed E-state index contributed by atoms with van der Waals surface area (Å²) in [6.45, 7) is 1.81. The van der Waals surface area contributed by atoms with Gasteiger partial charge in [0.05, 0.1) is 17.3 Å². The standard InChI is InChI=1S/C16H13Cl2NO4/c1-2-23-16(22)11-7-9(3-6-14(11)20)15(21)19-13-8-10(17)4-5-12(13)18/h3-8,20H,2H2,1H3,(H,19,21). The van der Waals surface area contributed by atoms with E-state index in [0.717, 1.165) is 0 Å². The van der Waals surface area contributed by atoms with Gasteiger partial charge in [-0.25, -0.2) is 4.79 Å². The summed E-state index contributed by atoms with van der Waals surface area (Å²) in [5.74, 6) is -1.47. The molecule has 0 aromatic heterocycles. The molecule has 0 aliphatic carbocycles. The largest absolute Gasteiger partial charge is 0.507 e. The number of carbonyl (C=O) groups excluding carboxylic acids is 2. The van der Waals surface area contributed by atoms with Crippen LogP contribution in [-0.2, 0) is 4.74 Å². The molecule has 0 unspecified atom stereocenters. The molecule has 2 rings (SSSR count). The molecule has 0 saturated carbocycles. The molecule has 2 aromatic carbocycles. The van der Waals surface area contributed by atoms with Crippen LogP contribution in [0.5, 0.6) is 5.75 Å². The van der Waals surface area contributed by atoms with Crippen LogP contribution in [0.25, 0.3) is 0 Å². The Morgan fingerprint density at radius 3 is 2.61 bits per heavy atom. The number of carbonyl (C=O) groups is 2. The minimum absolute atomic E-state index is 0.0864. The maximum Gasteiger partial charge on any atom is 0.341 e. The molecule has 1 amide bonds. The van der Waals surface area contributed by atoms with Crippen LogP contribution in [0.4, 0.5) is 5.69 Å². The van der Waals surface area contributed by atoms with E-state index in [0.29, 0.717) is 15.7 Å². The van der Waals surface area contributed by atoms with E-state index in [-0.39, 0.29) is 23.5 Å². The Morgan fingerprint density at radius 2 is 1.91 bits per heavy atom. The van der Waals surface area contributed by atoms with Gasteiger partial charge in [-0.2, -0.15) is 0 Å². The van der Waals surface area contributed by atoms with Crippen molar-refractivity contribution in [2.24, 2.45) is 0 Å². The van der Waals surface area contributed by atoms with Crippen LogP contribution < -0.4 is 5.32 Å². The number of halogens is 2. The Bertz CT molecular complexity index is 762. The molecule has 2 N–H and O–H groups in total. The van der Waals surface area contributed by atoms with Crippen molar-refractivity contribution in [1.29, 1.82) is 0 Å². The van der Waals surface area contributed by atoms with E-state index in [4.69, 9.17) is 27.9 Å². The quantitative estimate of drug-likeness (QED) is 0.810. The molecule has 0 atom stereocenters. The maximum absolute atomic E-state index is 12.3. The van der Waals surface area contributed by atoms with Crippen LogP contribution in [0.15, 0.2) is 36.4 Å². The van der Waals surface area contributed by atoms with Crippen molar-refractivity contribution in [2.45, 2.75) is 6.92 Å². The van der Waals surface area contributed by atoms with Gasteiger partial charge in [-0.3, -0.25) is 4.79 Å². The lowest BCUT2D eigenvalue weighted by Crippen LogP contribution is -2.14. The topological polar surface area (TPSA) is 75.6 Å². The molecule has 2 aromatic rings. The van der Waals surface area contributed by atoms with Gasteiger partial charge in [0.25, 0.3) is 5.91 Å². The van der Waals surface area contributed by atoms with Crippen molar-refractivity contribution in [2.75, 3.05) is 11.9 Å². The fourth-order valence-electron chi connectivity index (χ4n) is 1.84. The highest BCUT2D eigenvalue weighted by atomic mass is 35.5. The second-order valence-corrected chi connectivity index (χ2v) is 5.37. The van der Waals surface area contributed by atoms with Crippen LogP contribution in [0, 0.1) is 0 Å². The van der Waals surface area contributed by atoms with Crippen LogP contribution in [0.2, 0.25) is 10.0 Å². The van der Waals surface area contributed by atoms with E-state index in [9.17, 15) is 14.7 Å². The number of phenolic OH excluding ortho intramolecular Hbond substituents is 1. The molecule has 0 aliphatic heterocycles. The fraction of sp³-hybridized carbons (Fsp3) is 0.125. The number of benzene rings is 2. The molecule has 0 saturated heterocycles. The molecule has 0 aliphatic rings. The monoisotopic (exact) mass is 353 g/mol. The summed E-state index contributed by atoms with van der Waals surface area (Å²) >= 11 is 11.9. The molecule has 0 fully saturated rings. The Balaban J connectivity index is 2.27. The molecule has 0 heterocycles. The van der Waals surface area contributed by atoms with Gasteiger partial charge in [0.2, 0.25) is 0 Å². The minimum Gasteiger partial charge on any atom is -0.507 e. The average Bonchev–Trinajstić information content (AvgIpc) is 2.51. The second-order valence-electron chi connectivity index (χ2n) is 4.53. The summed E-state index contributed by atoms with van der Waals surface area (Å²) in [5.41, 5.74) is 0.425. The smallest absolute Gasteiger partial charge is 0.341 e. The zero-order valence-electron chi connectivity index (χ0n) is 12.1. The molecule has 120 valence electrons. The predicted molar refractivity (Wildman–Crippen MR) is 88.5 cm³/mol. The zero-order valence-corrected chi connectivity index (χ0v) is 13.6. The van der Waals surface area contributed by atoms with Crippen molar-refractivity contribution < 1.29 is 19.4 Å². The number of hydrogen-bond acceptors (Lipinski definition) is 4. The summed E-state index contributed by atoms with van der Waals surface area (Å²) in [4.78, 5) is 24.0. The van der Waals surface area contributed by atoms with Gasteiger partial charge >= 0.3 is 5.97 Å². The average molecular weight is 354 g/mol. The van der Waals surface area contributed by atoms with Crippen molar-refractivity contribution in [3.05, 3.63) is 57.6 Å². The summed E-state index contributed by atoms with van der Waals surface area (Å²) in [6.07, 6.45) is 0. The van der Waals surface area contributed by atoms with Crippen molar-refractivity contribution in [3.63, 3.8) is 0 Å². The van der Waals surface area contributed by atoms with Crippen molar-refractivity contribution in [3.8, 4) is 5.75 Å². The molecule has 7 heteroatoms. The first kappa shape index (κ1) is 17.1. The third kappa shape index (κ3) is 4.15. The van der Waals surface area contributed by atoms with E-state index < -0.39 is 11.9 Å². The number of phenols is 1. The lowest BCUT2D eigenvalue weighted by atomic mass is 10.1. The summed E-state index contributed by atoms with van der Waals surface area (Å²) in [7, 11) is 0. The third-order valence-corrected chi connectivity index (χ3v) is 3.50. The highest BCUT2D eigenvalue weighted by molar-refractivity contribution is 6.35. The molecular formula is C16H13Cl2NO4. The Hall–Kier alpha value is -2.24. The van der Waals surface area contributed by atoms with Gasteiger partial charge in [-0.15, -0.1) is 0 Å². The van der Waals surface area contributed by atoms with Crippen LogP contribution in [0.3, 0.4) is 0 Å². The Labute approximate surface area is 142 Å². The van der Waals surface area contributed by atoms with Gasteiger partial charge in [-0.1, -0.05) is 23.2 Å². The normalized spacial score (nSPS) is 10.2. The van der Waals surface area contributed by atoms with Gasteiger partial charge in [-0.05, 0) is 43.3 Å². The van der Waals surface area contributed by atoms with Gasteiger partial charge < -0.3 is 15.2 Å². The second kappa shape index (κ2) is 7.35. The number of hydrogen-bond donors (Lipinski definition) is 2. The number of ether oxygens (including phenoxy) is 1. The molecular weight excluding hydrogens is 341 g/mol. The minimum atomic E-state index is -0.708. The Morgan fingerprint density at radius 1 is 1.17 bits per heavy atom. The van der Waals surface area contributed by atoms with E-state index in [2.05, 4.69) is 5.32 Å². The first-order chi connectivity index (χ1) is 10.9. The molecule has 0 radical (unpaired) electrons. The van der Waals surface area contributed by atoms with Crippen LogP contribution >= 0.6 is 23.2 Å². The highest BCUT2D eigenvalue weighted by Crippen LogP contribution is 2.26. The first-order valence-corrected chi connectivity index (χ1v) is 7.44. The maximum atomic E-state index is 12.3. The zero-order chi connectivity index (χ0) is 17.0. The van der Waals surface area contributed by atoms with E-state index >= 15 is 0 Å². The van der Waals surface area contributed by atoms with Gasteiger partial charge in [0.15, 0.2) is 0 Å². The molecule has 23 heavy (non-hydrogen) atoms. The van der Waals surface area contributed by atoms with Crippen molar-refractivity contribution >= 4 is 40.8 Å². The van der Waals surface area contributed by atoms with E-state index in [1.54, 1.807) is 19.1 Å². The number of esters is 1. The predicted octanol–water partition coefficient (Wildman–Crippen LogP) is 4.13. The van der Waals surface area contributed by atoms with Gasteiger partial charge in [0, 0.05) is 10.6 Å².